The second kappa shape index (κ2) is 34.1. The van der Waals surface area contributed by atoms with Gasteiger partial charge in [-0.3, -0.25) is 38.5 Å². The number of ether oxygens (including phenoxy) is 1. The largest absolute Gasteiger partial charge is 0.393 e. The summed E-state index contributed by atoms with van der Waals surface area (Å²) in [6.45, 7) is 49.2. The van der Waals surface area contributed by atoms with Crippen molar-refractivity contribution in [1.82, 2.24) is 15.1 Å². The monoisotopic (exact) mass is 1110 g/mol. The highest BCUT2D eigenvalue weighted by Crippen LogP contribution is 2.35. The van der Waals surface area contributed by atoms with Gasteiger partial charge in [0.2, 0.25) is 0 Å². The number of likely N-dealkylation sites (N-methyl/N-ethyl adjacent to an activating group) is 2. The summed E-state index contributed by atoms with van der Waals surface area (Å²) in [6.07, 6.45) is 11.9. The zero-order valence-corrected chi connectivity index (χ0v) is 55.8. The van der Waals surface area contributed by atoms with E-state index in [1.807, 2.05) is 164 Å². The first-order valence-electron chi connectivity index (χ1n) is 29.5. The zero-order valence-electron chi connectivity index (χ0n) is 55.8. The summed E-state index contributed by atoms with van der Waals surface area (Å²) in [5.41, 5.74) is -1.51. The highest BCUT2D eigenvalue weighted by atomic mass is 16.5. The van der Waals surface area contributed by atoms with E-state index in [4.69, 9.17) is 0 Å². The molecule has 1 heterocycles. The molecule has 0 amide bonds. The molecule has 1 aliphatic heterocycles. The summed E-state index contributed by atoms with van der Waals surface area (Å²) in [7, 11) is 7.13. The van der Waals surface area contributed by atoms with Crippen molar-refractivity contribution >= 4 is 40.5 Å². The number of likely N-dealkylation sites (tertiary alicyclic amines) is 1. The molecule has 0 radical (unpaired) electrons. The van der Waals surface area contributed by atoms with Gasteiger partial charge < -0.3 is 25.2 Å². The van der Waals surface area contributed by atoms with Gasteiger partial charge in [0.1, 0.15) is 24.0 Å². The lowest BCUT2D eigenvalue weighted by Crippen LogP contribution is -2.50. The van der Waals surface area contributed by atoms with E-state index in [1.54, 1.807) is 7.05 Å². The quantitative estimate of drug-likeness (QED) is 0.188. The maximum Gasteiger partial charge on any atom is 0.163 e. The Morgan fingerprint density at radius 2 is 0.808 bits per heavy atom. The fourth-order valence-electron chi connectivity index (χ4n) is 9.01. The van der Waals surface area contributed by atoms with Gasteiger partial charge in [-0.15, -0.1) is 0 Å². The molecular weight excluding hydrogens is 983 g/mol. The summed E-state index contributed by atoms with van der Waals surface area (Å²) in [4.78, 5) is 84.6. The molecule has 4 aliphatic rings. The number of carbonyl (C=O) groups is 7. The number of nitrogens with zero attached hydrogens (tertiary/aromatic N) is 2. The lowest BCUT2D eigenvalue weighted by atomic mass is 9.82. The average Bonchev–Trinajstić information content (AvgIpc) is 4.11. The molecule has 0 aromatic carbocycles. The van der Waals surface area contributed by atoms with E-state index in [2.05, 4.69) is 35.7 Å². The molecule has 78 heavy (non-hydrogen) atoms. The van der Waals surface area contributed by atoms with Crippen LogP contribution in [0.15, 0.2) is 0 Å². The Balaban J connectivity index is -0.000000849. The molecule has 460 valence electrons. The van der Waals surface area contributed by atoms with E-state index in [0.717, 1.165) is 38.5 Å². The van der Waals surface area contributed by atoms with Crippen LogP contribution >= 0.6 is 0 Å². The van der Waals surface area contributed by atoms with Gasteiger partial charge in [0, 0.05) is 74.9 Å². The minimum atomic E-state index is -0.365. The van der Waals surface area contributed by atoms with E-state index in [1.165, 1.54) is 32.8 Å². The number of hydrogen-bond acceptors (Lipinski definition) is 13. The summed E-state index contributed by atoms with van der Waals surface area (Å²) in [6, 6.07) is -0.130. The van der Waals surface area contributed by atoms with Gasteiger partial charge in [0.15, 0.2) is 23.1 Å². The second-order valence-electron chi connectivity index (χ2n) is 31.0. The van der Waals surface area contributed by atoms with Crippen molar-refractivity contribution in [3.8, 4) is 0 Å². The number of nitrogens with one attached hydrogen (secondary N) is 1. The number of ketones is 7. The van der Waals surface area contributed by atoms with Crippen molar-refractivity contribution in [2.24, 2.45) is 55.7 Å². The highest BCUT2D eigenvalue weighted by molar-refractivity contribution is 5.90. The Morgan fingerprint density at radius 1 is 0.462 bits per heavy atom. The molecular formula is C65H125N3O10. The Labute approximate surface area is 479 Å². The predicted molar refractivity (Wildman–Crippen MR) is 324 cm³/mol. The van der Waals surface area contributed by atoms with E-state index >= 15 is 0 Å². The van der Waals surface area contributed by atoms with Crippen LogP contribution in [0.4, 0.5) is 0 Å². The van der Waals surface area contributed by atoms with Crippen molar-refractivity contribution in [3.63, 3.8) is 0 Å². The minimum absolute atomic E-state index is 0.0664. The summed E-state index contributed by atoms with van der Waals surface area (Å²) >= 11 is 0. The molecule has 3 N–H and O–H groups in total. The van der Waals surface area contributed by atoms with Crippen LogP contribution in [0.1, 0.15) is 243 Å². The lowest BCUT2D eigenvalue weighted by molar-refractivity contribution is -0.132. The van der Waals surface area contributed by atoms with Crippen LogP contribution in [0.3, 0.4) is 0 Å². The third kappa shape index (κ3) is 34.0. The summed E-state index contributed by atoms with van der Waals surface area (Å²) < 4.78 is 4.68. The SMILES string of the molecule is CC(C)(C)C(=O)C1CCCC1.CC(C)(C)C(=O)C1CCCC1.CC(C)(C)C(=O)[C@@H]1C[C@@H](O)CN1C(C)(C)C.CC(C)(C)C(=O)[C@H]1CC[C@H](O)C1.CN(C)CC(=O)C(C)(C)C.CNCC(=O)C(C)(C)C.COCC(=O)C(C)(C)C. The highest BCUT2D eigenvalue weighted by Gasteiger charge is 2.44. The van der Waals surface area contributed by atoms with Crippen LogP contribution in [0.25, 0.3) is 0 Å². The normalized spacial score (nSPS) is 20.6. The van der Waals surface area contributed by atoms with Gasteiger partial charge in [0.05, 0.1) is 31.3 Å². The van der Waals surface area contributed by atoms with Crippen LogP contribution in [-0.4, -0.2) is 139 Å². The molecule has 3 aliphatic carbocycles. The number of Topliss-reactive ketones (excluding diaryl/α,β-unsaturated/α-hetero) is 7. The van der Waals surface area contributed by atoms with E-state index < -0.39 is 0 Å². The number of carbonyl (C=O) groups excluding carboxylic acids is 7. The van der Waals surface area contributed by atoms with Crippen LogP contribution in [0.5, 0.6) is 0 Å². The van der Waals surface area contributed by atoms with Crippen LogP contribution < -0.4 is 5.32 Å². The van der Waals surface area contributed by atoms with Crippen molar-refractivity contribution in [2.45, 2.75) is 267 Å². The van der Waals surface area contributed by atoms with Crippen LogP contribution in [0.2, 0.25) is 0 Å². The summed E-state index contributed by atoms with van der Waals surface area (Å²) in [5.74, 6) is 3.04. The predicted octanol–water partition coefficient (Wildman–Crippen LogP) is 12.4. The first kappa shape index (κ1) is 79.7. The first-order chi connectivity index (χ1) is 34.8. The van der Waals surface area contributed by atoms with Gasteiger partial charge in [0.25, 0.3) is 0 Å². The molecule has 4 atom stereocenters. The van der Waals surface area contributed by atoms with Gasteiger partial charge in [-0.2, -0.15) is 0 Å². The maximum absolute atomic E-state index is 12.3. The minimum Gasteiger partial charge on any atom is -0.393 e. The van der Waals surface area contributed by atoms with E-state index in [9.17, 15) is 43.8 Å². The fraction of sp³-hybridized carbons (Fsp3) is 0.892. The fourth-order valence-corrected chi connectivity index (χ4v) is 9.01. The maximum atomic E-state index is 12.3. The molecule has 0 aromatic rings. The number of methoxy groups -OCH3 is 1. The third-order valence-electron chi connectivity index (χ3n) is 14.2. The van der Waals surface area contributed by atoms with E-state index in [0.29, 0.717) is 61.7 Å². The van der Waals surface area contributed by atoms with E-state index in [-0.39, 0.29) is 97.4 Å². The van der Waals surface area contributed by atoms with Gasteiger partial charge >= 0.3 is 0 Å². The first-order valence-corrected chi connectivity index (χ1v) is 29.5. The van der Waals surface area contributed by atoms with Gasteiger partial charge in [-0.05, 0) is 93.3 Å². The molecule has 4 fully saturated rings. The lowest BCUT2D eigenvalue weighted by Gasteiger charge is -2.38. The Morgan fingerprint density at radius 3 is 1.03 bits per heavy atom. The molecule has 13 heteroatoms. The van der Waals surface area contributed by atoms with Crippen LogP contribution in [0, 0.1) is 55.7 Å². The molecule has 0 unspecified atom stereocenters. The molecule has 0 spiro atoms. The standard InChI is InChI=1S/C13H25NO2.C10H18O2.2C10H18O.C8H17NO.C7H15NO.C7H14O2/c1-12(2,3)11(16)10-7-9(15)8-14(10)13(4,5)6;1-10(2,3)9(12)7-4-5-8(11)6-7;2*1-10(2,3)9(11)8-6-4-5-7-8;1-8(2,3)7(10)6-9(4)5;1-7(2,3)6(9)5-8-4;1-7(2,3)6(8)5-9-4/h9-10,15H,7-8H2,1-6H3;7-8,11H,4-6H2,1-3H3;2*8H,4-7H2,1-3H3;6H2,1-5H3;8H,5H2,1-4H3;5H2,1-4H3/t9-,10+;7-,8-;;;;;/m10...../s1. The third-order valence-corrected chi connectivity index (χ3v) is 14.2. The molecule has 0 bridgehead atoms. The number of hydrogen-bond donors (Lipinski definition) is 3. The summed E-state index contributed by atoms with van der Waals surface area (Å²) in [5, 5.41) is 21.8. The molecule has 13 nitrogen and oxygen atoms in total. The van der Waals surface area contributed by atoms with Crippen molar-refractivity contribution < 1.29 is 48.5 Å². The number of aliphatic hydroxyl groups excluding tert-OH is 2. The number of aliphatic hydroxyl groups is 2. The Hall–Kier alpha value is -2.55. The topological polar surface area (TPSA) is 188 Å². The molecule has 0 aromatic heterocycles. The van der Waals surface area contributed by atoms with Gasteiger partial charge in [-0.1, -0.05) is 171 Å². The van der Waals surface area contributed by atoms with Gasteiger partial charge in [-0.25, -0.2) is 0 Å². The molecule has 3 saturated carbocycles. The van der Waals surface area contributed by atoms with Crippen molar-refractivity contribution in [2.75, 3.05) is 54.5 Å². The number of rotatable bonds is 10. The smallest absolute Gasteiger partial charge is 0.163 e. The molecule has 4 rings (SSSR count). The average molecular weight is 1110 g/mol. The van der Waals surface area contributed by atoms with Crippen molar-refractivity contribution in [3.05, 3.63) is 0 Å². The Kier molecular flexibility index (Phi) is 34.9. The number of β-amino-alcohol motifs (C(OH)–C–C–N with tert-alkyl or cyclic N) is 1. The zero-order chi connectivity index (χ0) is 62.4. The second-order valence-corrected chi connectivity index (χ2v) is 31.0. The van der Waals surface area contributed by atoms with Crippen LogP contribution in [-0.2, 0) is 38.3 Å². The molecule has 1 saturated heterocycles. The Bertz CT molecular complexity index is 1740. The van der Waals surface area contributed by atoms with Crippen molar-refractivity contribution in [1.29, 1.82) is 0 Å².